The van der Waals surface area contributed by atoms with Gasteiger partial charge in [-0.15, -0.1) is 0 Å². The van der Waals surface area contributed by atoms with E-state index in [0.717, 1.165) is 5.56 Å². The smallest absolute Gasteiger partial charge is 0.388 e. The van der Waals surface area contributed by atoms with E-state index in [-0.39, 0.29) is 0 Å². The Morgan fingerprint density at radius 2 is 2.06 bits per heavy atom. The molecule has 16 heavy (non-hydrogen) atoms. The number of alkyl halides is 3. The zero-order valence-corrected chi connectivity index (χ0v) is 9.02. The summed E-state index contributed by atoms with van der Waals surface area (Å²) in [6, 6.07) is 6.38. The van der Waals surface area contributed by atoms with Gasteiger partial charge in [0, 0.05) is 5.39 Å². The predicted octanol–water partition coefficient (Wildman–Crippen LogP) is 3.76. The van der Waals surface area contributed by atoms with Crippen LogP contribution < -0.4 is 0 Å². The summed E-state index contributed by atoms with van der Waals surface area (Å²) in [7, 11) is 0. The fourth-order valence-electron chi connectivity index (χ4n) is 1.41. The summed E-state index contributed by atoms with van der Waals surface area (Å²) in [4.78, 5) is 11.1. The summed E-state index contributed by atoms with van der Waals surface area (Å²) in [5.41, 5.74) is 1.33. The highest BCUT2D eigenvalue weighted by molar-refractivity contribution is 6.35. The first-order valence-electron chi connectivity index (χ1n) is 4.49. The lowest BCUT2D eigenvalue weighted by atomic mass is 10.2. The van der Waals surface area contributed by atoms with Crippen LogP contribution in [0.2, 0.25) is 0 Å². The zero-order chi connectivity index (χ0) is 11.9. The second-order valence-corrected chi connectivity index (χ2v) is 3.95. The molecule has 0 saturated carbocycles. The van der Waals surface area contributed by atoms with E-state index in [1.807, 2.05) is 6.92 Å². The molecule has 0 aliphatic rings. The van der Waals surface area contributed by atoms with Crippen molar-refractivity contribution in [3.8, 4) is 0 Å². The Kier molecular flexibility index (Phi) is 2.46. The highest BCUT2D eigenvalue weighted by atomic mass is 35.5. The largest absolute Gasteiger partial charge is 0.453 e. The van der Waals surface area contributed by atoms with Crippen molar-refractivity contribution in [3.05, 3.63) is 35.6 Å². The first-order valence-corrected chi connectivity index (χ1v) is 4.87. The summed E-state index contributed by atoms with van der Waals surface area (Å²) in [5.74, 6) is -1.95. The van der Waals surface area contributed by atoms with Crippen LogP contribution in [-0.4, -0.2) is 11.2 Å². The van der Waals surface area contributed by atoms with Crippen molar-refractivity contribution >= 4 is 28.4 Å². The Morgan fingerprint density at radius 3 is 2.69 bits per heavy atom. The molecule has 0 spiro atoms. The number of Topliss-reactive ketones (excluding diaryl/α,β-unsaturated/α-hetero) is 1. The number of ketones is 1. The molecule has 0 N–H and O–H groups in total. The van der Waals surface area contributed by atoms with Gasteiger partial charge in [0.2, 0.25) is 0 Å². The zero-order valence-electron chi connectivity index (χ0n) is 8.26. The van der Waals surface area contributed by atoms with Gasteiger partial charge in [-0.2, -0.15) is 8.78 Å². The first kappa shape index (κ1) is 11.1. The molecule has 0 amide bonds. The molecule has 2 nitrogen and oxygen atoms in total. The fraction of sp³-hybridized carbons (Fsp3) is 0.182. The molecule has 5 heteroatoms. The van der Waals surface area contributed by atoms with Crippen LogP contribution in [0.1, 0.15) is 16.1 Å². The second kappa shape index (κ2) is 3.56. The van der Waals surface area contributed by atoms with E-state index in [0.29, 0.717) is 11.0 Å². The third kappa shape index (κ3) is 1.93. The molecule has 0 radical (unpaired) electrons. The monoisotopic (exact) mass is 244 g/mol. The van der Waals surface area contributed by atoms with Gasteiger partial charge < -0.3 is 4.42 Å². The molecule has 0 aliphatic heterocycles. The topological polar surface area (TPSA) is 30.2 Å². The summed E-state index contributed by atoms with van der Waals surface area (Å²) in [6.45, 7) is 1.85. The first-order chi connectivity index (χ1) is 7.38. The lowest BCUT2D eigenvalue weighted by Crippen LogP contribution is -2.20. The van der Waals surface area contributed by atoms with Gasteiger partial charge in [0.1, 0.15) is 5.58 Å². The minimum atomic E-state index is -3.93. The molecule has 0 unspecified atom stereocenters. The number of rotatable bonds is 2. The van der Waals surface area contributed by atoms with Gasteiger partial charge in [0.25, 0.3) is 5.78 Å². The van der Waals surface area contributed by atoms with Crippen LogP contribution >= 0.6 is 11.6 Å². The molecule has 0 fully saturated rings. The maximum Gasteiger partial charge on any atom is 0.388 e. The number of halogens is 3. The molecule has 0 aliphatic carbocycles. The number of furan rings is 1. The standard InChI is InChI=1S/C11H7ClF2O2/c1-6-2-3-8-7(4-6)5-9(16-8)10(15)11(12,13)14/h2-5H,1H3. The van der Waals surface area contributed by atoms with Crippen molar-refractivity contribution < 1.29 is 18.0 Å². The van der Waals surface area contributed by atoms with Crippen molar-refractivity contribution in [2.45, 2.75) is 12.3 Å². The Morgan fingerprint density at radius 1 is 1.38 bits per heavy atom. The Balaban J connectivity index is 2.52. The maximum absolute atomic E-state index is 12.6. The highest BCUT2D eigenvalue weighted by Gasteiger charge is 2.38. The van der Waals surface area contributed by atoms with E-state index in [4.69, 9.17) is 4.42 Å². The van der Waals surface area contributed by atoms with Crippen LogP contribution in [0, 0.1) is 6.92 Å². The van der Waals surface area contributed by atoms with E-state index in [1.165, 1.54) is 6.07 Å². The van der Waals surface area contributed by atoms with Gasteiger partial charge in [0.15, 0.2) is 5.76 Å². The SMILES string of the molecule is Cc1ccc2oc(C(=O)C(F)(F)Cl)cc2c1. The van der Waals surface area contributed by atoms with Gasteiger partial charge >= 0.3 is 5.38 Å². The van der Waals surface area contributed by atoms with Crippen molar-refractivity contribution in [1.82, 2.24) is 0 Å². The van der Waals surface area contributed by atoms with Crippen molar-refractivity contribution in [3.63, 3.8) is 0 Å². The third-order valence-corrected chi connectivity index (χ3v) is 2.32. The minimum Gasteiger partial charge on any atom is -0.453 e. The molecular weight excluding hydrogens is 238 g/mol. The van der Waals surface area contributed by atoms with Crippen molar-refractivity contribution in [1.29, 1.82) is 0 Å². The van der Waals surface area contributed by atoms with Gasteiger partial charge in [-0.25, -0.2) is 0 Å². The predicted molar refractivity (Wildman–Crippen MR) is 56.1 cm³/mol. The lowest BCUT2D eigenvalue weighted by molar-refractivity contribution is 0.0508. The minimum absolute atomic E-state index is 0.384. The van der Waals surface area contributed by atoms with E-state index >= 15 is 0 Å². The quantitative estimate of drug-likeness (QED) is 0.595. The van der Waals surface area contributed by atoms with Crippen LogP contribution in [0.25, 0.3) is 11.0 Å². The third-order valence-electron chi connectivity index (χ3n) is 2.15. The molecule has 0 atom stereocenters. The number of fused-ring (bicyclic) bond motifs is 1. The van der Waals surface area contributed by atoms with Crippen LogP contribution in [0.5, 0.6) is 0 Å². The van der Waals surface area contributed by atoms with Crippen LogP contribution in [0.3, 0.4) is 0 Å². The molecule has 1 heterocycles. The van der Waals surface area contributed by atoms with Crippen LogP contribution in [0.15, 0.2) is 28.7 Å². The summed E-state index contributed by atoms with van der Waals surface area (Å²) in [5, 5.41) is -3.33. The highest BCUT2D eigenvalue weighted by Crippen LogP contribution is 2.28. The molecule has 2 aromatic rings. The van der Waals surface area contributed by atoms with Gasteiger partial charge in [-0.05, 0) is 36.7 Å². The van der Waals surface area contributed by atoms with E-state index in [9.17, 15) is 13.6 Å². The van der Waals surface area contributed by atoms with Crippen molar-refractivity contribution in [2.24, 2.45) is 0 Å². The van der Waals surface area contributed by atoms with E-state index in [1.54, 1.807) is 18.2 Å². The molecule has 1 aromatic carbocycles. The number of carbonyl (C=O) groups excluding carboxylic acids is 1. The fourth-order valence-corrected chi connectivity index (χ4v) is 1.51. The Bertz CT molecular complexity index is 555. The van der Waals surface area contributed by atoms with E-state index in [2.05, 4.69) is 11.6 Å². The number of aryl methyl sites for hydroxylation is 1. The number of hydrogen-bond acceptors (Lipinski definition) is 2. The normalized spacial score (nSPS) is 12.0. The lowest BCUT2D eigenvalue weighted by Gasteiger charge is -2.01. The molecule has 84 valence electrons. The molecule has 0 saturated heterocycles. The van der Waals surface area contributed by atoms with Gasteiger partial charge in [-0.1, -0.05) is 11.6 Å². The van der Waals surface area contributed by atoms with Crippen LogP contribution in [0.4, 0.5) is 8.78 Å². The van der Waals surface area contributed by atoms with Crippen molar-refractivity contribution in [2.75, 3.05) is 0 Å². The van der Waals surface area contributed by atoms with Gasteiger partial charge in [0.05, 0.1) is 0 Å². The van der Waals surface area contributed by atoms with E-state index < -0.39 is 16.9 Å². The van der Waals surface area contributed by atoms with Crippen LogP contribution in [-0.2, 0) is 0 Å². The Hall–Kier alpha value is -1.42. The summed E-state index contributed by atoms with van der Waals surface area (Å²) in [6.07, 6.45) is 0. The molecule has 1 aromatic heterocycles. The Labute approximate surface area is 94.8 Å². The second-order valence-electron chi connectivity index (χ2n) is 3.48. The summed E-state index contributed by atoms with van der Waals surface area (Å²) >= 11 is 4.63. The maximum atomic E-state index is 12.6. The number of benzene rings is 1. The average Bonchev–Trinajstić information content (AvgIpc) is 2.57. The summed E-state index contributed by atoms with van der Waals surface area (Å²) < 4.78 is 30.1. The number of carbonyl (C=O) groups is 1. The molecule has 2 rings (SSSR count). The average molecular weight is 245 g/mol. The molecule has 0 bridgehead atoms. The number of hydrogen-bond donors (Lipinski definition) is 0. The van der Waals surface area contributed by atoms with Gasteiger partial charge in [-0.3, -0.25) is 4.79 Å². The molecular formula is C11H7ClF2O2.